The number of carbonyl (C=O) groups is 2. The number of primary amides is 1. The zero-order valence-electron chi connectivity index (χ0n) is 8.40. The van der Waals surface area contributed by atoms with Gasteiger partial charge < -0.3 is 15.6 Å². The zero-order valence-corrected chi connectivity index (χ0v) is 8.40. The van der Waals surface area contributed by atoms with E-state index in [0.29, 0.717) is 0 Å². The maximum atomic E-state index is 11.2. The number of amides is 2. The van der Waals surface area contributed by atoms with Crippen LogP contribution in [-0.4, -0.2) is 39.9 Å². The molecule has 1 saturated heterocycles. The summed E-state index contributed by atoms with van der Waals surface area (Å²) in [6, 6.07) is 0. The summed E-state index contributed by atoms with van der Waals surface area (Å²) in [7, 11) is 0. The fourth-order valence-corrected chi connectivity index (χ4v) is 1.66. The molecule has 3 N–H and O–H groups in total. The highest BCUT2D eigenvalue weighted by molar-refractivity contribution is 5.88. The van der Waals surface area contributed by atoms with Gasteiger partial charge in [0.2, 0.25) is 5.91 Å². The molecule has 1 heterocycles. The van der Waals surface area contributed by atoms with Crippen LogP contribution >= 0.6 is 0 Å². The van der Waals surface area contributed by atoms with E-state index in [9.17, 15) is 9.59 Å². The van der Waals surface area contributed by atoms with E-state index < -0.39 is 23.3 Å². The quantitative estimate of drug-likeness (QED) is 0.624. The van der Waals surface area contributed by atoms with Crippen molar-refractivity contribution in [2.24, 2.45) is 5.73 Å². The van der Waals surface area contributed by atoms with E-state index in [0.717, 1.165) is 4.90 Å². The fourth-order valence-electron chi connectivity index (χ4n) is 1.66. The van der Waals surface area contributed by atoms with E-state index in [2.05, 4.69) is 0 Å². The maximum Gasteiger partial charge on any atom is 0.410 e. The number of nitrogens with zero attached hydrogens (tertiary/aromatic N) is 1. The lowest BCUT2D eigenvalue weighted by atomic mass is 10.0. The minimum absolute atomic E-state index is 0.0123. The van der Waals surface area contributed by atoms with Crippen LogP contribution in [0.15, 0.2) is 0 Å². The monoisotopic (exact) mass is 202 g/mol. The molecule has 80 valence electrons. The first kappa shape index (κ1) is 10.8. The van der Waals surface area contributed by atoms with Crippen LogP contribution in [-0.2, 0) is 9.53 Å². The van der Waals surface area contributed by atoms with Crippen molar-refractivity contribution in [1.82, 2.24) is 4.90 Å². The zero-order chi connectivity index (χ0) is 11.1. The largest absolute Gasteiger partial charge is 0.465 e. The molecule has 6 heteroatoms. The Morgan fingerprint density at radius 1 is 1.43 bits per heavy atom. The van der Waals surface area contributed by atoms with Gasteiger partial charge in [-0.2, -0.15) is 0 Å². The molecule has 0 aromatic rings. The molecule has 0 aliphatic carbocycles. The minimum atomic E-state index is -1.28. The van der Waals surface area contributed by atoms with Gasteiger partial charge in [-0.05, 0) is 20.8 Å². The summed E-state index contributed by atoms with van der Waals surface area (Å²) in [6.45, 7) is 4.60. The van der Waals surface area contributed by atoms with Crippen LogP contribution in [0.1, 0.15) is 20.8 Å². The average Bonchev–Trinajstić information content (AvgIpc) is 2.23. The van der Waals surface area contributed by atoms with Gasteiger partial charge in [0.15, 0.2) is 0 Å². The van der Waals surface area contributed by atoms with Gasteiger partial charge in [0.05, 0.1) is 6.61 Å². The first-order chi connectivity index (χ1) is 6.22. The van der Waals surface area contributed by atoms with E-state index in [1.807, 2.05) is 0 Å². The Labute approximate surface area is 81.6 Å². The van der Waals surface area contributed by atoms with Gasteiger partial charge in [0.1, 0.15) is 11.3 Å². The molecule has 0 radical (unpaired) electrons. The number of hydrogen-bond acceptors (Lipinski definition) is 3. The highest BCUT2D eigenvalue weighted by atomic mass is 16.5. The second-order valence-electron chi connectivity index (χ2n) is 3.99. The maximum absolute atomic E-state index is 11.2. The molecule has 0 bridgehead atoms. The van der Waals surface area contributed by atoms with E-state index in [1.54, 1.807) is 13.8 Å². The predicted molar refractivity (Wildman–Crippen MR) is 47.5 cm³/mol. The van der Waals surface area contributed by atoms with Gasteiger partial charge in [-0.25, -0.2) is 4.79 Å². The summed E-state index contributed by atoms with van der Waals surface area (Å²) in [5.74, 6) is -0.703. The summed E-state index contributed by atoms with van der Waals surface area (Å²) in [5, 5.41) is 8.97. The molecule has 0 spiro atoms. The lowest BCUT2D eigenvalue weighted by molar-refractivity contribution is -0.128. The summed E-state index contributed by atoms with van der Waals surface area (Å²) >= 11 is 0. The Morgan fingerprint density at radius 3 is 2.21 bits per heavy atom. The van der Waals surface area contributed by atoms with Crippen molar-refractivity contribution in [1.29, 1.82) is 0 Å². The van der Waals surface area contributed by atoms with Gasteiger partial charge in [-0.3, -0.25) is 9.69 Å². The molecule has 1 rings (SSSR count). The van der Waals surface area contributed by atoms with Gasteiger partial charge >= 0.3 is 6.09 Å². The summed E-state index contributed by atoms with van der Waals surface area (Å²) in [5.41, 5.74) is 2.86. The number of nitrogens with two attached hydrogens (primary N) is 1. The van der Waals surface area contributed by atoms with Crippen LogP contribution in [0.4, 0.5) is 4.79 Å². The lowest BCUT2D eigenvalue weighted by Crippen LogP contribution is -2.59. The molecule has 0 aromatic heterocycles. The number of hydrogen-bond donors (Lipinski definition) is 2. The molecule has 1 aliphatic heterocycles. The second-order valence-corrected chi connectivity index (χ2v) is 3.99. The molecular weight excluding hydrogens is 188 g/mol. The molecule has 1 fully saturated rings. The Morgan fingerprint density at radius 2 is 1.93 bits per heavy atom. The normalized spacial score (nSPS) is 30.4. The Balaban J connectivity index is 3.13. The van der Waals surface area contributed by atoms with E-state index in [-0.39, 0.29) is 6.61 Å². The number of rotatable bonds is 1. The van der Waals surface area contributed by atoms with Crippen LogP contribution in [0.3, 0.4) is 0 Å². The lowest BCUT2D eigenvalue weighted by Gasteiger charge is -2.35. The minimum Gasteiger partial charge on any atom is -0.465 e. The second kappa shape index (κ2) is 2.84. The molecule has 1 aliphatic rings. The molecular formula is C8H14N2O4. The SMILES string of the molecule is CC1(C)OC[C@@](C)(C(N)=O)N1C(=O)O. The fraction of sp³-hybridized carbons (Fsp3) is 0.750. The van der Waals surface area contributed by atoms with Gasteiger partial charge in [-0.15, -0.1) is 0 Å². The topological polar surface area (TPSA) is 92.9 Å². The number of carboxylic acid groups (broad SMARTS) is 1. The van der Waals surface area contributed by atoms with Crippen LogP contribution in [0.25, 0.3) is 0 Å². The highest BCUT2D eigenvalue weighted by Crippen LogP contribution is 2.34. The predicted octanol–water partition coefficient (Wildman–Crippen LogP) is -0.0233. The van der Waals surface area contributed by atoms with Crippen molar-refractivity contribution >= 4 is 12.0 Å². The average molecular weight is 202 g/mol. The molecule has 6 nitrogen and oxygen atoms in total. The highest BCUT2D eigenvalue weighted by Gasteiger charge is 2.55. The molecule has 2 amide bonds. The van der Waals surface area contributed by atoms with Crippen molar-refractivity contribution in [2.75, 3.05) is 6.61 Å². The van der Waals surface area contributed by atoms with E-state index in [4.69, 9.17) is 15.6 Å². The summed E-state index contributed by atoms with van der Waals surface area (Å²) in [4.78, 5) is 23.1. The molecule has 0 saturated carbocycles. The third-order valence-corrected chi connectivity index (χ3v) is 2.46. The Bertz CT molecular complexity index is 289. The van der Waals surface area contributed by atoms with Gasteiger partial charge in [-0.1, -0.05) is 0 Å². The molecule has 0 aromatic carbocycles. The van der Waals surface area contributed by atoms with Crippen molar-refractivity contribution in [2.45, 2.75) is 32.0 Å². The van der Waals surface area contributed by atoms with Gasteiger partial charge in [0.25, 0.3) is 0 Å². The number of ether oxygens (including phenoxy) is 1. The number of carbonyl (C=O) groups excluding carboxylic acids is 1. The van der Waals surface area contributed by atoms with Crippen LogP contribution < -0.4 is 5.73 Å². The Hall–Kier alpha value is -1.30. The molecule has 14 heavy (non-hydrogen) atoms. The van der Waals surface area contributed by atoms with Crippen molar-refractivity contribution in [3.63, 3.8) is 0 Å². The Kier molecular flexibility index (Phi) is 2.19. The van der Waals surface area contributed by atoms with Crippen LogP contribution in [0.2, 0.25) is 0 Å². The standard InChI is InChI=1S/C8H14N2O4/c1-7(2)10(6(12)13)8(3,4-14-7)5(9)11/h4H2,1-3H3,(H2,9,11)(H,12,13)/t8-/m0/s1. The third-order valence-electron chi connectivity index (χ3n) is 2.46. The first-order valence-corrected chi connectivity index (χ1v) is 4.19. The van der Waals surface area contributed by atoms with E-state index >= 15 is 0 Å². The smallest absolute Gasteiger partial charge is 0.410 e. The molecule has 0 unspecified atom stereocenters. The summed E-state index contributed by atoms with van der Waals surface area (Å²) in [6.07, 6.45) is -1.21. The van der Waals surface area contributed by atoms with Crippen molar-refractivity contribution in [3.05, 3.63) is 0 Å². The van der Waals surface area contributed by atoms with Gasteiger partial charge in [0, 0.05) is 0 Å². The third kappa shape index (κ3) is 1.31. The van der Waals surface area contributed by atoms with Crippen LogP contribution in [0, 0.1) is 0 Å². The van der Waals surface area contributed by atoms with Crippen LogP contribution in [0.5, 0.6) is 0 Å². The van der Waals surface area contributed by atoms with E-state index in [1.165, 1.54) is 6.92 Å². The first-order valence-electron chi connectivity index (χ1n) is 4.19. The van der Waals surface area contributed by atoms with Crippen molar-refractivity contribution < 1.29 is 19.4 Å². The van der Waals surface area contributed by atoms with Crippen molar-refractivity contribution in [3.8, 4) is 0 Å². The summed E-state index contributed by atoms with van der Waals surface area (Å²) < 4.78 is 5.24. The molecule has 1 atom stereocenters.